The summed E-state index contributed by atoms with van der Waals surface area (Å²) in [6.07, 6.45) is 6.08. The Morgan fingerprint density at radius 2 is 2.03 bits per heavy atom. The van der Waals surface area contributed by atoms with Gasteiger partial charge < -0.3 is 15.5 Å². The largest absolute Gasteiger partial charge is 0.392 e. The molecule has 0 aliphatic carbocycles. The number of hydrogen-bond acceptors (Lipinski definition) is 5. The number of carbonyl (C=O) groups excluding carboxylic acids is 1. The molecular formula is C22H25FN4O2. The van der Waals surface area contributed by atoms with Crippen molar-refractivity contribution in [1.29, 1.82) is 0 Å². The molecule has 7 heteroatoms. The van der Waals surface area contributed by atoms with E-state index in [1.54, 1.807) is 24.5 Å². The molecule has 1 amide bonds. The van der Waals surface area contributed by atoms with Crippen LogP contribution in [0.4, 0.5) is 4.39 Å². The lowest BCUT2D eigenvalue weighted by atomic mass is 9.73. The predicted molar refractivity (Wildman–Crippen MR) is 108 cm³/mol. The molecular weight excluding hydrogens is 371 g/mol. The molecule has 6 nitrogen and oxygen atoms in total. The second-order valence-electron chi connectivity index (χ2n) is 7.75. The molecule has 29 heavy (non-hydrogen) atoms. The van der Waals surface area contributed by atoms with Gasteiger partial charge in [-0.25, -0.2) is 4.39 Å². The van der Waals surface area contributed by atoms with Gasteiger partial charge in [0.25, 0.3) is 0 Å². The van der Waals surface area contributed by atoms with E-state index in [4.69, 9.17) is 4.84 Å². The SMILES string of the molecule is O=C(NCc1cccnc1)C1(C[C@@H]2CC(c3ccc(F)cc3)=NO2)CCNCC1. The Morgan fingerprint density at radius 1 is 1.24 bits per heavy atom. The first-order chi connectivity index (χ1) is 14.1. The first-order valence-corrected chi connectivity index (χ1v) is 10.0. The number of carbonyl (C=O) groups is 1. The molecule has 0 spiro atoms. The van der Waals surface area contributed by atoms with E-state index in [0.29, 0.717) is 19.4 Å². The van der Waals surface area contributed by atoms with Crippen LogP contribution in [-0.4, -0.2) is 35.8 Å². The molecule has 0 unspecified atom stereocenters. The van der Waals surface area contributed by atoms with Gasteiger partial charge >= 0.3 is 0 Å². The highest BCUT2D eigenvalue weighted by Crippen LogP contribution is 2.37. The van der Waals surface area contributed by atoms with Gasteiger partial charge in [0.2, 0.25) is 5.91 Å². The number of pyridine rings is 1. The first-order valence-electron chi connectivity index (χ1n) is 10.0. The summed E-state index contributed by atoms with van der Waals surface area (Å²) in [5, 5.41) is 10.6. The average molecular weight is 396 g/mol. The van der Waals surface area contributed by atoms with Crippen molar-refractivity contribution in [2.75, 3.05) is 13.1 Å². The Kier molecular flexibility index (Phi) is 5.85. The van der Waals surface area contributed by atoms with E-state index in [9.17, 15) is 9.18 Å². The number of oxime groups is 1. The smallest absolute Gasteiger partial charge is 0.226 e. The summed E-state index contributed by atoms with van der Waals surface area (Å²) in [5.74, 6) is -0.217. The van der Waals surface area contributed by atoms with Crippen molar-refractivity contribution in [1.82, 2.24) is 15.6 Å². The van der Waals surface area contributed by atoms with Gasteiger partial charge in [-0.1, -0.05) is 23.4 Å². The Hall–Kier alpha value is -2.80. The van der Waals surface area contributed by atoms with Crippen molar-refractivity contribution >= 4 is 11.6 Å². The highest BCUT2D eigenvalue weighted by molar-refractivity contribution is 6.01. The lowest BCUT2D eigenvalue weighted by Crippen LogP contribution is -2.49. The Bertz CT molecular complexity index is 864. The number of halogens is 1. The zero-order chi connectivity index (χ0) is 20.1. The van der Waals surface area contributed by atoms with Crippen molar-refractivity contribution in [3.8, 4) is 0 Å². The molecule has 4 rings (SSSR count). The van der Waals surface area contributed by atoms with E-state index < -0.39 is 5.41 Å². The van der Waals surface area contributed by atoms with Crippen LogP contribution in [0, 0.1) is 11.2 Å². The molecule has 0 radical (unpaired) electrons. The second-order valence-corrected chi connectivity index (χ2v) is 7.75. The minimum absolute atomic E-state index is 0.0571. The molecule has 1 saturated heterocycles. The van der Waals surface area contributed by atoms with Crippen LogP contribution in [0.5, 0.6) is 0 Å². The van der Waals surface area contributed by atoms with Crippen molar-refractivity contribution in [3.05, 3.63) is 65.7 Å². The summed E-state index contributed by atoms with van der Waals surface area (Å²) in [4.78, 5) is 22.9. The third-order valence-corrected chi connectivity index (χ3v) is 5.75. The van der Waals surface area contributed by atoms with Gasteiger partial charge in [-0.05, 0) is 55.3 Å². The van der Waals surface area contributed by atoms with Crippen molar-refractivity contribution in [2.24, 2.45) is 10.6 Å². The third-order valence-electron chi connectivity index (χ3n) is 5.75. The molecule has 152 valence electrons. The van der Waals surface area contributed by atoms with E-state index in [-0.39, 0.29) is 17.8 Å². The topological polar surface area (TPSA) is 75.6 Å². The maximum atomic E-state index is 13.2. The van der Waals surface area contributed by atoms with Crippen molar-refractivity contribution in [3.63, 3.8) is 0 Å². The summed E-state index contributed by atoms with van der Waals surface area (Å²) in [6, 6.07) is 10.1. The summed E-state index contributed by atoms with van der Waals surface area (Å²) >= 11 is 0. The molecule has 2 N–H and O–H groups in total. The first kappa shape index (κ1) is 19.5. The summed E-state index contributed by atoms with van der Waals surface area (Å²) in [7, 11) is 0. The number of benzene rings is 1. The fourth-order valence-corrected chi connectivity index (χ4v) is 4.09. The molecule has 1 aromatic heterocycles. The number of amides is 1. The average Bonchev–Trinajstić information content (AvgIpc) is 3.22. The number of rotatable bonds is 6. The number of nitrogens with one attached hydrogen (secondary N) is 2. The molecule has 0 bridgehead atoms. The van der Waals surface area contributed by atoms with Gasteiger partial charge in [0.1, 0.15) is 11.9 Å². The number of nitrogens with zero attached hydrogens (tertiary/aromatic N) is 2. The third kappa shape index (κ3) is 4.62. The normalized spacial score (nSPS) is 20.6. The summed E-state index contributed by atoms with van der Waals surface area (Å²) < 4.78 is 13.2. The minimum Gasteiger partial charge on any atom is -0.392 e. The van der Waals surface area contributed by atoms with Gasteiger partial charge in [0, 0.05) is 31.8 Å². The predicted octanol–water partition coefficient (Wildman–Crippen LogP) is 2.79. The maximum Gasteiger partial charge on any atom is 0.226 e. The fraction of sp³-hybridized carbons (Fsp3) is 0.409. The van der Waals surface area contributed by atoms with Crippen LogP contribution in [0.2, 0.25) is 0 Å². The monoisotopic (exact) mass is 396 g/mol. The highest BCUT2D eigenvalue weighted by atomic mass is 19.1. The van der Waals surface area contributed by atoms with Gasteiger partial charge in [-0.2, -0.15) is 0 Å². The molecule has 1 fully saturated rings. The van der Waals surface area contributed by atoms with E-state index >= 15 is 0 Å². The number of piperidine rings is 1. The van der Waals surface area contributed by atoms with Gasteiger partial charge in [0.05, 0.1) is 11.1 Å². The van der Waals surface area contributed by atoms with Crippen LogP contribution in [0.3, 0.4) is 0 Å². The van der Waals surface area contributed by atoms with E-state index in [1.807, 2.05) is 12.1 Å². The van der Waals surface area contributed by atoms with Crippen molar-refractivity contribution < 1.29 is 14.0 Å². The number of aromatic nitrogens is 1. The Labute approximate surface area is 169 Å². The zero-order valence-corrected chi connectivity index (χ0v) is 16.2. The van der Waals surface area contributed by atoms with E-state index in [1.165, 1.54) is 12.1 Å². The maximum absolute atomic E-state index is 13.2. The van der Waals surface area contributed by atoms with Crippen molar-refractivity contribution in [2.45, 2.75) is 38.3 Å². The lowest BCUT2D eigenvalue weighted by molar-refractivity contribution is -0.135. The Balaban J connectivity index is 1.40. The lowest BCUT2D eigenvalue weighted by Gasteiger charge is -2.37. The molecule has 3 heterocycles. The van der Waals surface area contributed by atoms with Crippen LogP contribution >= 0.6 is 0 Å². The summed E-state index contributed by atoms with van der Waals surface area (Å²) in [6.45, 7) is 2.07. The van der Waals surface area contributed by atoms with Crippen LogP contribution in [0.1, 0.15) is 36.8 Å². The molecule has 1 atom stereocenters. The van der Waals surface area contributed by atoms with Crippen LogP contribution in [0.25, 0.3) is 0 Å². The quantitative estimate of drug-likeness (QED) is 0.787. The van der Waals surface area contributed by atoms with Gasteiger partial charge in [0.15, 0.2) is 0 Å². The van der Waals surface area contributed by atoms with Crippen LogP contribution in [0.15, 0.2) is 53.9 Å². The standard InChI is InChI=1S/C22H25FN4O2/c23-18-5-3-17(4-6-18)20-12-19(29-27-20)13-22(7-10-24-11-8-22)21(28)26-15-16-2-1-9-25-14-16/h1-6,9,14,19,24H,7-8,10-13,15H2,(H,26,28)/t19-/m0/s1. The molecule has 2 aliphatic heterocycles. The van der Waals surface area contributed by atoms with Gasteiger partial charge in [-0.15, -0.1) is 0 Å². The Morgan fingerprint density at radius 3 is 2.76 bits per heavy atom. The van der Waals surface area contributed by atoms with Crippen LogP contribution in [-0.2, 0) is 16.2 Å². The molecule has 1 aromatic carbocycles. The molecule has 2 aromatic rings. The fourth-order valence-electron chi connectivity index (χ4n) is 4.09. The minimum atomic E-state index is -0.480. The number of hydrogen-bond donors (Lipinski definition) is 2. The highest BCUT2D eigenvalue weighted by Gasteiger charge is 2.43. The molecule has 2 aliphatic rings. The molecule has 0 saturated carbocycles. The second kappa shape index (κ2) is 8.69. The summed E-state index contributed by atoms with van der Waals surface area (Å²) in [5.41, 5.74) is 2.15. The van der Waals surface area contributed by atoms with E-state index in [2.05, 4.69) is 20.8 Å². The van der Waals surface area contributed by atoms with Crippen LogP contribution < -0.4 is 10.6 Å². The van der Waals surface area contributed by atoms with E-state index in [0.717, 1.165) is 42.8 Å². The van der Waals surface area contributed by atoms with Gasteiger partial charge in [-0.3, -0.25) is 9.78 Å². The zero-order valence-electron chi connectivity index (χ0n) is 16.2.